The van der Waals surface area contributed by atoms with E-state index in [0.29, 0.717) is 0 Å². The van der Waals surface area contributed by atoms with Crippen molar-refractivity contribution < 1.29 is 67.3 Å². The predicted octanol–water partition coefficient (Wildman–Crippen LogP) is -4.15. The van der Waals surface area contributed by atoms with Gasteiger partial charge in [0.25, 0.3) is 5.56 Å². The largest absolute Gasteiger partial charge is 0.483 e. The van der Waals surface area contributed by atoms with Crippen LogP contribution in [0.4, 0.5) is 0 Å². The minimum Gasteiger partial charge on any atom is -0.388 e. The summed E-state index contributed by atoms with van der Waals surface area (Å²) >= 11 is 0. The summed E-state index contributed by atoms with van der Waals surface area (Å²) in [5.41, 5.74) is -1.72. The van der Waals surface area contributed by atoms with Crippen LogP contribution in [0.3, 0.4) is 0 Å². The highest BCUT2D eigenvalue weighted by Gasteiger charge is 2.47. The van der Waals surface area contributed by atoms with Crippen molar-refractivity contribution >= 4 is 15.6 Å². The Hall–Kier alpha value is -1.34. The van der Waals surface area contributed by atoms with Gasteiger partial charge < -0.3 is 44.8 Å². The lowest BCUT2D eigenvalue weighted by Crippen LogP contribution is -2.53. The van der Waals surface area contributed by atoms with Gasteiger partial charge in [0.2, 0.25) is 0 Å². The highest BCUT2D eigenvalue weighted by molar-refractivity contribution is 7.61. The molecule has 2 fully saturated rings. The fourth-order valence-corrected chi connectivity index (χ4v) is 5.24. The Kier molecular flexibility index (Phi) is 8.28. The number of hydrogen-bond acceptors (Lipinski definition) is 14. The highest BCUT2D eigenvalue weighted by atomic mass is 31.3. The number of phosphoric acid groups is 2. The van der Waals surface area contributed by atoms with Crippen LogP contribution in [0, 0.1) is 0 Å². The molecule has 1 aromatic heterocycles. The average Bonchev–Trinajstić information content (AvgIpc) is 3.00. The third kappa shape index (κ3) is 6.26. The summed E-state index contributed by atoms with van der Waals surface area (Å²) in [6, 6.07) is 0.939. The Balaban J connectivity index is 1.59. The van der Waals surface area contributed by atoms with Gasteiger partial charge in [0.05, 0.1) is 13.2 Å². The monoisotopic (exact) mass is 536 g/mol. The number of aliphatic hydroxyl groups is 5. The highest BCUT2D eigenvalue weighted by Crippen LogP contribution is 2.61. The maximum Gasteiger partial charge on any atom is 0.483 e. The molecule has 3 heterocycles. The van der Waals surface area contributed by atoms with E-state index in [1.54, 1.807) is 0 Å². The van der Waals surface area contributed by atoms with Crippen LogP contribution in [0.1, 0.15) is 6.23 Å². The van der Waals surface area contributed by atoms with E-state index in [0.717, 1.165) is 16.8 Å². The lowest BCUT2D eigenvalue weighted by Gasteiger charge is -2.35. The molecule has 18 nitrogen and oxygen atoms in total. The Morgan fingerprint density at radius 1 is 1.03 bits per heavy atom. The van der Waals surface area contributed by atoms with Gasteiger partial charge in [-0.3, -0.25) is 23.4 Å². The number of aromatic nitrogens is 2. The normalized spacial score (nSPS) is 37.7. The molecular formula is C14H22N2O16P2. The summed E-state index contributed by atoms with van der Waals surface area (Å²) < 4.78 is 47.7. The molecule has 10 unspecified atom stereocenters. The summed E-state index contributed by atoms with van der Waals surface area (Å²) in [4.78, 5) is 44.3. The van der Waals surface area contributed by atoms with E-state index < -0.39 is 89.2 Å². The minimum atomic E-state index is -5.47. The van der Waals surface area contributed by atoms with E-state index in [-0.39, 0.29) is 0 Å². The molecule has 3 rings (SSSR count). The first kappa shape index (κ1) is 27.3. The molecule has 20 heteroatoms. The number of nitrogens with one attached hydrogen (secondary N) is 1. The molecule has 0 saturated carbocycles. The Morgan fingerprint density at radius 2 is 1.71 bits per heavy atom. The molecule has 0 amide bonds. The van der Waals surface area contributed by atoms with Crippen LogP contribution in [0.5, 0.6) is 0 Å². The fourth-order valence-electron chi connectivity index (χ4n) is 3.07. The van der Waals surface area contributed by atoms with Gasteiger partial charge >= 0.3 is 21.3 Å². The van der Waals surface area contributed by atoms with Crippen LogP contribution >= 0.6 is 15.6 Å². The summed E-state index contributed by atoms with van der Waals surface area (Å²) in [6.45, 7) is -1.59. The molecule has 34 heavy (non-hydrogen) atoms. The molecule has 0 spiro atoms. The van der Waals surface area contributed by atoms with Crippen molar-refractivity contribution in [1.29, 1.82) is 0 Å². The SMILES string of the molecule is O=c1ccn(C2OC(COP(=O)(O)OP(=O)(O)OC3OCC(O)C(O)C3O)C(O)C2O)c(=O)[nH]1. The zero-order chi connectivity index (χ0) is 25.4. The van der Waals surface area contributed by atoms with Crippen LogP contribution in [0.2, 0.25) is 0 Å². The maximum atomic E-state index is 12.1. The standard InChI is InChI=1S/C14H22N2O16P2/c17-5-3-28-13(11(22)8(5)19)31-34(26,27)32-33(24,25)29-4-6-9(20)10(21)12(30-6)16-2-1-7(18)15-14(16)23/h1-2,5-6,8-13,17,19-22H,3-4H2,(H,24,25)(H,26,27)(H,15,18,23). The van der Waals surface area contributed by atoms with Crippen LogP contribution in [-0.2, 0) is 32.0 Å². The zero-order valence-electron chi connectivity index (χ0n) is 16.8. The summed E-state index contributed by atoms with van der Waals surface area (Å²) in [6.07, 6.45) is -13.0. The van der Waals surface area contributed by atoms with E-state index in [9.17, 15) is 54.0 Å². The summed E-state index contributed by atoms with van der Waals surface area (Å²) in [5.74, 6) is 0. The van der Waals surface area contributed by atoms with Crippen molar-refractivity contribution in [3.8, 4) is 0 Å². The second-order valence-corrected chi connectivity index (χ2v) is 10.2. The third-order valence-electron chi connectivity index (χ3n) is 4.76. The first-order chi connectivity index (χ1) is 15.7. The Bertz CT molecular complexity index is 1080. The molecule has 10 atom stereocenters. The molecule has 0 bridgehead atoms. The van der Waals surface area contributed by atoms with Gasteiger partial charge in [-0.2, -0.15) is 4.31 Å². The molecule has 2 aliphatic rings. The number of hydrogen-bond donors (Lipinski definition) is 8. The second kappa shape index (κ2) is 10.3. The average molecular weight is 536 g/mol. The van der Waals surface area contributed by atoms with E-state index in [1.807, 2.05) is 4.98 Å². The second-order valence-electron chi connectivity index (χ2n) is 7.23. The number of H-pyrrole nitrogens is 1. The lowest BCUT2D eigenvalue weighted by atomic mass is 10.1. The molecule has 8 N–H and O–H groups in total. The van der Waals surface area contributed by atoms with E-state index >= 15 is 0 Å². The van der Waals surface area contributed by atoms with Crippen LogP contribution in [0.25, 0.3) is 0 Å². The molecule has 1 aromatic rings. The zero-order valence-corrected chi connectivity index (χ0v) is 18.6. The van der Waals surface area contributed by atoms with Crippen LogP contribution in [-0.4, -0.2) is 101 Å². The first-order valence-electron chi connectivity index (χ1n) is 9.39. The van der Waals surface area contributed by atoms with Crippen LogP contribution < -0.4 is 11.2 Å². The summed E-state index contributed by atoms with van der Waals surface area (Å²) in [7, 11) is -10.9. The van der Waals surface area contributed by atoms with Crippen molar-refractivity contribution in [3.05, 3.63) is 33.1 Å². The predicted molar refractivity (Wildman–Crippen MR) is 103 cm³/mol. The maximum absolute atomic E-state index is 12.1. The van der Waals surface area contributed by atoms with Crippen molar-refractivity contribution in [2.45, 2.75) is 49.1 Å². The van der Waals surface area contributed by atoms with Crippen molar-refractivity contribution in [3.63, 3.8) is 0 Å². The quantitative estimate of drug-likeness (QED) is 0.146. The van der Waals surface area contributed by atoms with Crippen LogP contribution in [0.15, 0.2) is 21.9 Å². The van der Waals surface area contributed by atoms with Crippen molar-refractivity contribution in [1.82, 2.24) is 9.55 Å². The van der Waals surface area contributed by atoms with Gasteiger partial charge in [-0.15, -0.1) is 0 Å². The molecule has 2 saturated heterocycles. The van der Waals surface area contributed by atoms with Crippen molar-refractivity contribution in [2.75, 3.05) is 13.2 Å². The Labute approximate surface area is 188 Å². The van der Waals surface area contributed by atoms with Gasteiger partial charge in [0, 0.05) is 12.3 Å². The van der Waals surface area contributed by atoms with E-state index in [4.69, 9.17) is 9.47 Å². The molecule has 0 aromatic carbocycles. The van der Waals surface area contributed by atoms with E-state index in [1.165, 1.54) is 0 Å². The lowest BCUT2D eigenvalue weighted by molar-refractivity contribution is -0.245. The minimum absolute atomic E-state index is 0.602. The molecule has 0 radical (unpaired) electrons. The molecular weight excluding hydrogens is 514 g/mol. The Morgan fingerprint density at radius 3 is 2.35 bits per heavy atom. The third-order valence-corrected chi connectivity index (χ3v) is 7.36. The van der Waals surface area contributed by atoms with Gasteiger partial charge in [-0.25, -0.2) is 13.9 Å². The first-order valence-corrected chi connectivity index (χ1v) is 12.4. The number of rotatable bonds is 8. The number of aromatic amines is 1. The number of phosphoric ester groups is 2. The molecule has 2 aliphatic heterocycles. The smallest absolute Gasteiger partial charge is 0.388 e. The van der Waals surface area contributed by atoms with Crippen molar-refractivity contribution in [2.24, 2.45) is 0 Å². The number of aliphatic hydroxyl groups excluding tert-OH is 5. The van der Waals surface area contributed by atoms with Gasteiger partial charge in [0.15, 0.2) is 12.5 Å². The topological polar surface area (TPSA) is 277 Å². The van der Waals surface area contributed by atoms with Gasteiger partial charge in [-0.05, 0) is 0 Å². The number of nitrogens with zero attached hydrogens (tertiary/aromatic N) is 1. The fraction of sp³-hybridized carbons (Fsp3) is 0.714. The van der Waals surface area contributed by atoms with Gasteiger partial charge in [-0.1, -0.05) is 0 Å². The van der Waals surface area contributed by atoms with Gasteiger partial charge in [0.1, 0.15) is 36.6 Å². The molecule has 194 valence electrons. The molecule has 0 aliphatic carbocycles. The summed E-state index contributed by atoms with van der Waals surface area (Å²) in [5, 5.41) is 48.8. The van der Waals surface area contributed by atoms with E-state index in [2.05, 4.69) is 13.4 Å². The number of ether oxygens (including phenoxy) is 2.